The first-order valence-electron chi connectivity index (χ1n) is 14.7. The van der Waals surface area contributed by atoms with Gasteiger partial charge < -0.3 is 24.4 Å². The van der Waals surface area contributed by atoms with Crippen molar-refractivity contribution >= 4 is 46.3 Å². The number of pyridine rings is 1. The number of piperidine rings is 1. The molecular formula is C31H36ClF3N6O4. The molecule has 1 saturated heterocycles. The first-order chi connectivity index (χ1) is 20.9. The average molecular weight is 649 g/mol. The number of benzene rings is 1. The summed E-state index contributed by atoms with van der Waals surface area (Å²) in [5.41, 5.74) is -0.777. The average Bonchev–Trinajstić information content (AvgIpc) is 3.21. The number of carbonyl (C=O) groups excluding carboxylic acids is 2. The Bertz CT molecular complexity index is 1730. The van der Waals surface area contributed by atoms with Crippen LogP contribution in [0, 0.1) is 0 Å². The zero-order chi connectivity index (χ0) is 33.1. The zero-order valence-corrected chi connectivity index (χ0v) is 26.8. The van der Waals surface area contributed by atoms with Crippen LogP contribution in [0.15, 0.2) is 29.2 Å². The molecule has 2 aliphatic rings. The molecule has 1 aromatic carbocycles. The van der Waals surface area contributed by atoms with Crippen molar-refractivity contribution in [2.75, 3.05) is 37.4 Å². The number of likely N-dealkylation sites (tertiary alicyclic amines) is 1. The minimum atomic E-state index is -4.58. The van der Waals surface area contributed by atoms with Crippen molar-refractivity contribution < 1.29 is 27.5 Å². The van der Waals surface area contributed by atoms with Crippen LogP contribution in [0.3, 0.4) is 0 Å². The molecule has 1 fully saturated rings. The van der Waals surface area contributed by atoms with E-state index in [1.165, 1.54) is 6.20 Å². The number of hydrogen-bond acceptors (Lipinski definition) is 7. The summed E-state index contributed by atoms with van der Waals surface area (Å²) in [6, 6.07) is 2.71. The summed E-state index contributed by atoms with van der Waals surface area (Å²) in [4.78, 5) is 53.0. The molecule has 1 N–H and O–H groups in total. The summed E-state index contributed by atoms with van der Waals surface area (Å²) in [6.45, 7) is 7.93. The van der Waals surface area contributed by atoms with E-state index in [2.05, 4.69) is 15.3 Å². The van der Waals surface area contributed by atoms with Crippen molar-refractivity contribution in [3.05, 3.63) is 56.5 Å². The van der Waals surface area contributed by atoms with E-state index in [0.29, 0.717) is 49.4 Å². The lowest BCUT2D eigenvalue weighted by Crippen LogP contribution is -2.47. The van der Waals surface area contributed by atoms with Crippen LogP contribution in [-0.4, -0.2) is 64.2 Å². The fourth-order valence-corrected chi connectivity index (χ4v) is 6.64. The third-order valence-corrected chi connectivity index (χ3v) is 8.69. The number of fused-ring (bicyclic) bond motifs is 3. The van der Waals surface area contributed by atoms with Crippen molar-refractivity contribution in [2.45, 2.75) is 76.6 Å². The minimum Gasteiger partial charge on any atom is -0.444 e. The number of anilines is 2. The van der Waals surface area contributed by atoms with Crippen LogP contribution < -0.4 is 15.6 Å². The monoisotopic (exact) mass is 648 g/mol. The van der Waals surface area contributed by atoms with Gasteiger partial charge >= 0.3 is 12.3 Å². The Labute approximate surface area is 263 Å². The third kappa shape index (κ3) is 6.31. The van der Waals surface area contributed by atoms with E-state index in [4.69, 9.17) is 16.3 Å². The molecule has 1 spiro atoms. The second-order valence-corrected chi connectivity index (χ2v) is 13.5. The Morgan fingerprint density at radius 1 is 1.18 bits per heavy atom. The van der Waals surface area contributed by atoms with Crippen molar-refractivity contribution in [1.29, 1.82) is 0 Å². The van der Waals surface area contributed by atoms with Gasteiger partial charge in [0, 0.05) is 43.9 Å². The predicted molar refractivity (Wildman–Crippen MR) is 165 cm³/mol. The fourth-order valence-electron chi connectivity index (χ4n) is 6.42. The molecule has 14 heteroatoms. The van der Waals surface area contributed by atoms with Gasteiger partial charge in [0.15, 0.2) is 11.2 Å². The molecule has 2 aromatic heterocycles. The molecule has 0 unspecified atom stereocenters. The molecule has 242 valence electrons. The normalized spacial score (nSPS) is 17.8. The quantitative estimate of drug-likeness (QED) is 0.373. The molecule has 3 heterocycles. The first-order valence-corrected chi connectivity index (χ1v) is 15.0. The molecule has 2 amide bonds. The van der Waals surface area contributed by atoms with Gasteiger partial charge in [-0.05, 0) is 64.2 Å². The van der Waals surface area contributed by atoms with Crippen LogP contribution in [0.5, 0.6) is 0 Å². The molecule has 0 bridgehead atoms. The fraction of sp³-hybridized carbons (Fsp3) is 0.516. The Morgan fingerprint density at radius 2 is 1.84 bits per heavy atom. The van der Waals surface area contributed by atoms with Crippen LogP contribution in [0.4, 0.5) is 29.5 Å². The van der Waals surface area contributed by atoms with Gasteiger partial charge in [0.25, 0.3) is 0 Å². The maximum atomic E-state index is 14.3. The van der Waals surface area contributed by atoms with Crippen molar-refractivity contribution in [3.8, 4) is 0 Å². The molecule has 0 radical (unpaired) electrons. The van der Waals surface area contributed by atoms with E-state index in [1.807, 2.05) is 27.7 Å². The van der Waals surface area contributed by atoms with Crippen molar-refractivity contribution in [3.63, 3.8) is 0 Å². The summed E-state index contributed by atoms with van der Waals surface area (Å²) in [5.74, 6) is -0.231. The highest BCUT2D eigenvalue weighted by Crippen LogP contribution is 2.51. The summed E-state index contributed by atoms with van der Waals surface area (Å²) in [6.07, 6.45) is -1.79. The number of ether oxygens (including phenoxy) is 1. The Balaban J connectivity index is 1.54. The highest BCUT2D eigenvalue weighted by Gasteiger charge is 2.49. The zero-order valence-electron chi connectivity index (χ0n) is 26.0. The second-order valence-electron chi connectivity index (χ2n) is 13.1. The standard InChI is InChI=1S/C31H36ClF3N6O4/c1-17-14-30(9-11-40(12-10-30)28(44)45-29(2,3)4)23-25(17)41(27-24(26(23)43)38-21(15-36-27)39(5)6)16-22(42)37-20-8-7-18(13-19(20)32)31(33,34)35/h7-8,13,15,17H,9-12,14,16H2,1-6H3,(H,37,42)/t17-/m0/s1. The van der Waals surface area contributed by atoms with E-state index in [-0.39, 0.29) is 39.8 Å². The lowest BCUT2D eigenvalue weighted by atomic mass is 9.73. The maximum absolute atomic E-state index is 14.3. The van der Waals surface area contributed by atoms with Gasteiger partial charge in [-0.25, -0.2) is 14.8 Å². The molecule has 45 heavy (non-hydrogen) atoms. The number of amides is 2. The Morgan fingerprint density at radius 3 is 2.42 bits per heavy atom. The summed E-state index contributed by atoms with van der Waals surface area (Å²) < 4.78 is 46.7. The summed E-state index contributed by atoms with van der Waals surface area (Å²) >= 11 is 6.10. The Hall–Kier alpha value is -3.87. The smallest absolute Gasteiger partial charge is 0.416 e. The lowest BCUT2D eigenvalue weighted by molar-refractivity contribution is -0.137. The lowest BCUT2D eigenvalue weighted by Gasteiger charge is -2.40. The van der Waals surface area contributed by atoms with Crippen LogP contribution in [0.2, 0.25) is 5.02 Å². The van der Waals surface area contributed by atoms with Crippen molar-refractivity contribution in [1.82, 2.24) is 19.4 Å². The van der Waals surface area contributed by atoms with Gasteiger partial charge in [0.2, 0.25) is 11.3 Å². The molecule has 1 atom stereocenters. The van der Waals surface area contributed by atoms with Crippen LogP contribution in [-0.2, 0) is 27.7 Å². The minimum absolute atomic E-state index is 0.0247. The molecule has 0 saturated carbocycles. The van der Waals surface area contributed by atoms with Gasteiger partial charge in [-0.2, -0.15) is 13.2 Å². The maximum Gasteiger partial charge on any atom is 0.416 e. The molecule has 10 nitrogen and oxygen atoms in total. The predicted octanol–water partition coefficient (Wildman–Crippen LogP) is 5.94. The van der Waals surface area contributed by atoms with Crippen LogP contribution >= 0.6 is 11.6 Å². The number of nitrogens with zero attached hydrogens (tertiary/aromatic N) is 5. The van der Waals surface area contributed by atoms with Crippen molar-refractivity contribution in [2.24, 2.45) is 0 Å². The van der Waals surface area contributed by atoms with E-state index in [1.54, 1.807) is 28.5 Å². The number of aromatic nitrogens is 3. The molecular weight excluding hydrogens is 613 g/mol. The van der Waals surface area contributed by atoms with Gasteiger partial charge in [0.1, 0.15) is 18.0 Å². The van der Waals surface area contributed by atoms with Gasteiger partial charge in [-0.1, -0.05) is 18.5 Å². The number of nitrogens with one attached hydrogen (secondary N) is 1. The Kier molecular flexibility index (Phi) is 8.30. The van der Waals surface area contributed by atoms with E-state index in [0.717, 1.165) is 18.2 Å². The van der Waals surface area contributed by atoms with E-state index in [9.17, 15) is 27.6 Å². The number of halogens is 4. The van der Waals surface area contributed by atoms with Crippen LogP contribution in [0.1, 0.15) is 69.7 Å². The molecule has 1 aliphatic carbocycles. The second kappa shape index (κ2) is 11.5. The van der Waals surface area contributed by atoms with Gasteiger partial charge in [-0.3, -0.25) is 9.59 Å². The third-order valence-electron chi connectivity index (χ3n) is 8.38. The summed E-state index contributed by atoms with van der Waals surface area (Å²) in [5, 5.41) is 2.35. The van der Waals surface area contributed by atoms with E-state index < -0.39 is 34.8 Å². The number of hydrogen-bond donors (Lipinski definition) is 1. The largest absolute Gasteiger partial charge is 0.444 e. The molecule has 3 aromatic rings. The number of alkyl halides is 3. The highest BCUT2D eigenvalue weighted by atomic mass is 35.5. The number of rotatable bonds is 4. The topological polar surface area (TPSA) is 110 Å². The SMILES string of the molecule is C[C@H]1CC2(CCN(C(=O)OC(C)(C)C)CC2)c2c1n(CC(=O)Nc1ccc(C(F)(F)F)cc1Cl)c1ncc(N(C)C)nc1c2=O. The first kappa shape index (κ1) is 32.5. The number of carbonyl (C=O) groups is 2. The van der Waals surface area contributed by atoms with Gasteiger partial charge in [-0.15, -0.1) is 0 Å². The van der Waals surface area contributed by atoms with Gasteiger partial charge in [0.05, 0.1) is 22.5 Å². The highest BCUT2D eigenvalue weighted by molar-refractivity contribution is 6.33. The molecule has 5 rings (SSSR count). The van der Waals surface area contributed by atoms with Crippen LogP contribution in [0.25, 0.3) is 11.2 Å². The summed E-state index contributed by atoms with van der Waals surface area (Å²) in [7, 11) is 3.55. The molecule has 1 aliphatic heterocycles. The van der Waals surface area contributed by atoms with E-state index >= 15 is 0 Å².